The Morgan fingerprint density at radius 3 is 2.00 bits per heavy atom. The van der Waals surface area contributed by atoms with Gasteiger partial charge in [-0.3, -0.25) is 4.79 Å². The van der Waals surface area contributed by atoms with E-state index in [1.54, 1.807) is 20.8 Å². The molecule has 0 N–H and O–H groups in total. The van der Waals surface area contributed by atoms with Crippen LogP contribution in [-0.4, -0.2) is 24.1 Å². The molecule has 5 heteroatoms. The van der Waals surface area contributed by atoms with E-state index in [2.05, 4.69) is 4.85 Å². The minimum atomic E-state index is -0.561. The third-order valence-corrected chi connectivity index (χ3v) is 3.40. The largest absolute Gasteiger partial charge is 0.465 e. The SMILES string of the molecule is [C-]#[N+]C(C(=O)OC(C)(C)C)=C(SC)SC. The van der Waals surface area contributed by atoms with Crippen molar-refractivity contribution in [1.82, 2.24) is 0 Å². The summed E-state index contributed by atoms with van der Waals surface area (Å²) >= 11 is 2.77. The number of carbonyl (C=O) groups is 1. The van der Waals surface area contributed by atoms with Crippen molar-refractivity contribution < 1.29 is 9.53 Å². The molecule has 0 spiro atoms. The Kier molecular flexibility index (Phi) is 5.84. The van der Waals surface area contributed by atoms with Crippen molar-refractivity contribution in [3.05, 3.63) is 21.4 Å². The van der Waals surface area contributed by atoms with Gasteiger partial charge in [0, 0.05) is 0 Å². The highest BCUT2D eigenvalue weighted by Crippen LogP contribution is 2.29. The molecule has 0 amide bonds. The van der Waals surface area contributed by atoms with Gasteiger partial charge in [0.05, 0.1) is 10.8 Å². The molecule has 0 fully saturated rings. The molecule has 0 aromatic rings. The number of hydrogen-bond donors (Lipinski definition) is 0. The molecule has 0 aromatic heterocycles. The minimum Gasteiger partial charge on any atom is -0.465 e. The van der Waals surface area contributed by atoms with E-state index in [9.17, 15) is 4.79 Å². The van der Waals surface area contributed by atoms with Crippen LogP contribution in [0.15, 0.2) is 9.93 Å². The van der Waals surface area contributed by atoms with E-state index in [1.807, 2.05) is 12.5 Å². The average Bonchev–Trinajstić information content (AvgIpc) is 2.10. The maximum absolute atomic E-state index is 11.6. The quantitative estimate of drug-likeness (QED) is 0.434. The van der Waals surface area contributed by atoms with Crippen molar-refractivity contribution in [3.8, 4) is 0 Å². The lowest BCUT2D eigenvalue weighted by molar-refractivity contribution is -0.149. The van der Waals surface area contributed by atoms with E-state index in [0.717, 1.165) is 0 Å². The summed E-state index contributed by atoms with van der Waals surface area (Å²) in [4.78, 5) is 14.9. The number of rotatable bonds is 3. The van der Waals surface area contributed by atoms with Crippen molar-refractivity contribution in [2.75, 3.05) is 12.5 Å². The zero-order valence-corrected chi connectivity index (χ0v) is 11.2. The molecule has 0 aliphatic carbocycles. The first kappa shape index (κ1) is 14.4. The Labute approximate surface area is 99.5 Å². The highest BCUT2D eigenvalue weighted by atomic mass is 32.2. The molecule has 84 valence electrons. The second kappa shape index (κ2) is 6.09. The van der Waals surface area contributed by atoms with Gasteiger partial charge in [0.2, 0.25) is 0 Å². The lowest BCUT2D eigenvalue weighted by Gasteiger charge is -2.19. The zero-order valence-electron chi connectivity index (χ0n) is 9.58. The van der Waals surface area contributed by atoms with Crippen LogP contribution in [0.25, 0.3) is 4.85 Å². The summed E-state index contributed by atoms with van der Waals surface area (Å²) in [5, 5.41) is 0. The van der Waals surface area contributed by atoms with Crippen molar-refractivity contribution in [1.29, 1.82) is 0 Å². The molecule has 0 aliphatic heterocycles. The summed E-state index contributed by atoms with van der Waals surface area (Å²) < 4.78 is 5.83. The molecular weight excluding hydrogens is 230 g/mol. The van der Waals surface area contributed by atoms with Gasteiger partial charge in [-0.1, -0.05) is 0 Å². The molecule has 0 bridgehead atoms. The highest BCUT2D eigenvalue weighted by Gasteiger charge is 2.22. The highest BCUT2D eigenvalue weighted by molar-refractivity contribution is 8.21. The van der Waals surface area contributed by atoms with Gasteiger partial charge in [0.25, 0.3) is 5.70 Å². The molecule has 0 atom stereocenters. The summed E-state index contributed by atoms with van der Waals surface area (Å²) in [6.45, 7) is 12.3. The lowest BCUT2D eigenvalue weighted by atomic mass is 10.2. The van der Waals surface area contributed by atoms with E-state index < -0.39 is 11.6 Å². The molecule has 15 heavy (non-hydrogen) atoms. The van der Waals surface area contributed by atoms with E-state index in [-0.39, 0.29) is 5.70 Å². The van der Waals surface area contributed by atoms with Crippen LogP contribution >= 0.6 is 23.5 Å². The number of thioether (sulfide) groups is 2. The van der Waals surface area contributed by atoms with Crippen molar-refractivity contribution in [2.24, 2.45) is 0 Å². The molecule has 3 nitrogen and oxygen atoms in total. The number of carbonyl (C=O) groups excluding carboxylic acids is 1. The molecule has 0 saturated heterocycles. The smallest absolute Gasteiger partial charge is 0.338 e. The van der Waals surface area contributed by atoms with Crippen LogP contribution < -0.4 is 0 Å². The Balaban J connectivity index is 4.94. The summed E-state index contributed by atoms with van der Waals surface area (Å²) in [5.74, 6) is -0.545. The molecule has 0 aromatic carbocycles. The number of esters is 1. The van der Waals surface area contributed by atoms with Crippen LogP contribution in [0.3, 0.4) is 0 Å². The molecule has 0 rings (SSSR count). The van der Waals surface area contributed by atoms with Gasteiger partial charge in [0.15, 0.2) is 0 Å². The molecular formula is C10H15NO2S2. The number of ether oxygens (including phenoxy) is 1. The van der Waals surface area contributed by atoms with Crippen LogP contribution in [0.1, 0.15) is 20.8 Å². The monoisotopic (exact) mass is 245 g/mol. The third kappa shape index (κ3) is 5.14. The number of hydrogen-bond acceptors (Lipinski definition) is 4. The summed E-state index contributed by atoms with van der Waals surface area (Å²) in [7, 11) is 0. The molecule has 0 heterocycles. The first-order valence-corrected chi connectivity index (χ1v) is 6.73. The second-order valence-electron chi connectivity index (χ2n) is 3.66. The van der Waals surface area contributed by atoms with Gasteiger partial charge in [-0.15, -0.1) is 23.5 Å². The standard InChI is InChI=1S/C10H15NO2S2/c1-10(2,3)13-8(12)7(11-4)9(14-5)15-6/h1-3,5-6H3. The Morgan fingerprint density at radius 2 is 1.73 bits per heavy atom. The van der Waals surface area contributed by atoms with Crippen LogP contribution in [-0.2, 0) is 9.53 Å². The number of nitrogens with zero attached hydrogens (tertiary/aromatic N) is 1. The van der Waals surface area contributed by atoms with Crippen molar-refractivity contribution in [3.63, 3.8) is 0 Å². The normalized spacial score (nSPS) is 10.4. The summed E-state index contributed by atoms with van der Waals surface area (Å²) in [6.07, 6.45) is 3.67. The van der Waals surface area contributed by atoms with E-state index in [1.165, 1.54) is 23.5 Å². The van der Waals surface area contributed by atoms with Gasteiger partial charge in [-0.25, -0.2) is 4.85 Å². The maximum atomic E-state index is 11.6. The zero-order chi connectivity index (χ0) is 12.1. The first-order chi connectivity index (χ1) is 6.85. The van der Waals surface area contributed by atoms with E-state index in [0.29, 0.717) is 4.24 Å². The van der Waals surface area contributed by atoms with Gasteiger partial charge in [-0.05, 0) is 33.3 Å². The van der Waals surface area contributed by atoms with Crippen LogP contribution in [0.5, 0.6) is 0 Å². The van der Waals surface area contributed by atoms with Gasteiger partial charge in [0.1, 0.15) is 5.60 Å². The Morgan fingerprint density at radius 1 is 1.27 bits per heavy atom. The Bertz CT molecular complexity index is 304. The van der Waals surface area contributed by atoms with Gasteiger partial charge in [-0.2, -0.15) is 0 Å². The topological polar surface area (TPSA) is 30.7 Å². The second-order valence-corrected chi connectivity index (χ2v) is 5.55. The minimum absolute atomic E-state index is 0.0740. The Hall–Kier alpha value is -0.600. The van der Waals surface area contributed by atoms with Crippen LogP contribution in [0.4, 0.5) is 0 Å². The molecule has 0 radical (unpaired) electrons. The maximum Gasteiger partial charge on any atom is 0.338 e. The van der Waals surface area contributed by atoms with E-state index in [4.69, 9.17) is 11.3 Å². The lowest BCUT2D eigenvalue weighted by Crippen LogP contribution is -2.24. The van der Waals surface area contributed by atoms with Crippen molar-refractivity contribution >= 4 is 29.5 Å². The van der Waals surface area contributed by atoms with Crippen LogP contribution in [0.2, 0.25) is 0 Å². The summed E-state index contributed by atoms with van der Waals surface area (Å²) in [6, 6.07) is 0. The molecule has 0 unspecified atom stereocenters. The predicted octanol–water partition coefficient (Wildman–Crippen LogP) is 3.14. The molecule has 0 saturated carbocycles. The fourth-order valence-corrected chi connectivity index (χ4v) is 2.09. The first-order valence-electron chi connectivity index (χ1n) is 4.28. The van der Waals surface area contributed by atoms with Crippen LogP contribution in [0, 0.1) is 6.57 Å². The fraction of sp³-hybridized carbons (Fsp3) is 0.600. The summed E-state index contributed by atoms with van der Waals surface area (Å²) in [5.41, 5.74) is -0.487. The van der Waals surface area contributed by atoms with Gasteiger partial charge < -0.3 is 4.74 Å². The van der Waals surface area contributed by atoms with Gasteiger partial charge >= 0.3 is 5.97 Å². The van der Waals surface area contributed by atoms with E-state index >= 15 is 0 Å². The molecule has 0 aliphatic rings. The fourth-order valence-electron chi connectivity index (χ4n) is 0.778. The average molecular weight is 245 g/mol. The van der Waals surface area contributed by atoms with Crippen molar-refractivity contribution in [2.45, 2.75) is 26.4 Å². The predicted molar refractivity (Wildman–Crippen MR) is 66.5 cm³/mol. The third-order valence-electron chi connectivity index (χ3n) is 1.27.